The van der Waals surface area contributed by atoms with Gasteiger partial charge in [-0.05, 0) is 24.5 Å². The summed E-state index contributed by atoms with van der Waals surface area (Å²) in [7, 11) is 0. The second kappa shape index (κ2) is 5.97. The first kappa shape index (κ1) is 12.3. The van der Waals surface area contributed by atoms with Crippen LogP contribution in [0.1, 0.15) is 28.4 Å². The Morgan fingerprint density at radius 2 is 1.67 bits per heavy atom. The van der Waals surface area contributed by atoms with Crippen molar-refractivity contribution in [2.24, 2.45) is 0 Å². The van der Waals surface area contributed by atoms with Crippen molar-refractivity contribution in [3.63, 3.8) is 0 Å². The van der Waals surface area contributed by atoms with Crippen LogP contribution < -0.4 is 0 Å². The Labute approximate surface area is 108 Å². The minimum absolute atomic E-state index is 0.106. The second-order valence-corrected chi connectivity index (χ2v) is 4.24. The van der Waals surface area contributed by atoms with E-state index in [1.54, 1.807) is 6.92 Å². The molecule has 0 aliphatic rings. The molecule has 0 amide bonds. The fourth-order valence-corrected chi connectivity index (χ4v) is 1.90. The molecule has 0 saturated heterocycles. The summed E-state index contributed by atoms with van der Waals surface area (Å²) in [5.74, 6) is 0.106. The van der Waals surface area contributed by atoms with Crippen LogP contribution in [-0.2, 0) is 6.42 Å². The van der Waals surface area contributed by atoms with Crippen molar-refractivity contribution in [2.75, 3.05) is 0 Å². The molecule has 2 aromatic rings. The van der Waals surface area contributed by atoms with Crippen molar-refractivity contribution in [1.82, 2.24) is 0 Å². The molecule has 2 aromatic carbocycles. The Balaban J connectivity index is 2.12. The Hall–Kier alpha value is -2.15. The van der Waals surface area contributed by atoms with E-state index in [4.69, 9.17) is 0 Å². The summed E-state index contributed by atoms with van der Waals surface area (Å²) in [5, 5.41) is 0. The third kappa shape index (κ3) is 3.17. The number of benzene rings is 2. The van der Waals surface area contributed by atoms with E-state index < -0.39 is 0 Å². The van der Waals surface area contributed by atoms with E-state index in [2.05, 4.69) is 18.2 Å². The highest BCUT2D eigenvalue weighted by Gasteiger charge is 2.02. The summed E-state index contributed by atoms with van der Waals surface area (Å²) in [5.41, 5.74) is 3.04. The van der Waals surface area contributed by atoms with Crippen LogP contribution >= 0.6 is 0 Å². The Bertz CT molecular complexity index is 553. The first-order chi connectivity index (χ1) is 8.77. The van der Waals surface area contributed by atoms with Crippen molar-refractivity contribution in [3.05, 3.63) is 77.4 Å². The molecule has 0 atom stereocenters. The topological polar surface area (TPSA) is 17.1 Å². The Morgan fingerprint density at radius 1 is 1.00 bits per heavy atom. The van der Waals surface area contributed by atoms with Gasteiger partial charge in [0.25, 0.3) is 0 Å². The number of allylic oxidation sites excluding steroid dienone is 1. The van der Waals surface area contributed by atoms with E-state index in [0.29, 0.717) is 0 Å². The standard InChI is InChI=1S/C17H16O/c1-14(18)17-13-6-5-11-16(17)12-7-10-15-8-3-2-4-9-15/h2-9,11-13H,10H2,1H3/b12-7+. The van der Waals surface area contributed by atoms with Crippen molar-refractivity contribution in [1.29, 1.82) is 0 Å². The molecule has 18 heavy (non-hydrogen) atoms. The summed E-state index contributed by atoms with van der Waals surface area (Å²) in [6.45, 7) is 1.60. The maximum absolute atomic E-state index is 11.5. The molecule has 0 aliphatic heterocycles. The van der Waals surface area contributed by atoms with Crippen molar-refractivity contribution in [3.8, 4) is 0 Å². The summed E-state index contributed by atoms with van der Waals surface area (Å²) in [4.78, 5) is 11.5. The highest BCUT2D eigenvalue weighted by atomic mass is 16.1. The van der Waals surface area contributed by atoms with Crippen LogP contribution in [0.5, 0.6) is 0 Å². The van der Waals surface area contributed by atoms with Gasteiger partial charge in [0.05, 0.1) is 0 Å². The summed E-state index contributed by atoms with van der Waals surface area (Å²) in [6.07, 6.45) is 4.99. The van der Waals surface area contributed by atoms with Crippen LogP contribution in [0.2, 0.25) is 0 Å². The summed E-state index contributed by atoms with van der Waals surface area (Å²) in [6, 6.07) is 18.0. The van der Waals surface area contributed by atoms with Crippen LogP contribution in [0.25, 0.3) is 6.08 Å². The van der Waals surface area contributed by atoms with Gasteiger partial charge < -0.3 is 0 Å². The molecule has 0 N–H and O–H groups in total. The van der Waals surface area contributed by atoms with Gasteiger partial charge in [-0.1, -0.05) is 66.7 Å². The van der Waals surface area contributed by atoms with Crippen molar-refractivity contribution >= 4 is 11.9 Å². The van der Waals surface area contributed by atoms with E-state index in [9.17, 15) is 4.79 Å². The monoisotopic (exact) mass is 236 g/mol. The molecule has 0 aliphatic carbocycles. The van der Waals surface area contributed by atoms with Gasteiger partial charge in [0.1, 0.15) is 0 Å². The predicted octanol–water partition coefficient (Wildman–Crippen LogP) is 4.15. The lowest BCUT2D eigenvalue weighted by Gasteiger charge is -2.01. The van der Waals surface area contributed by atoms with E-state index in [-0.39, 0.29) is 5.78 Å². The van der Waals surface area contributed by atoms with Gasteiger partial charge in [-0.3, -0.25) is 4.79 Å². The highest BCUT2D eigenvalue weighted by molar-refractivity contribution is 5.97. The van der Waals surface area contributed by atoms with E-state index in [0.717, 1.165) is 17.5 Å². The summed E-state index contributed by atoms with van der Waals surface area (Å²) < 4.78 is 0. The summed E-state index contributed by atoms with van der Waals surface area (Å²) >= 11 is 0. The predicted molar refractivity (Wildman–Crippen MR) is 75.6 cm³/mol. The van der Waals surface area contributed by atoms with Gasteiger partial charge in [0.2, 0.25) is 0 Å². The molecule has 0 fully saturated rings. The highest BCUT2D eigenvalue weighted by Crippen LogP contribution is 2.12. The molecule has 0 spiro atoms. The maximum Gasteiger partial charge on any atom is 0.160 e. The third-order valence-corrected chi connectivity index (χ3v) is 2.83. The Kier molecular flexibility index (Phi) is 4.08. The zero-order chi connectivity index (χ0) is 12.8. The normalized spacial score (nSPS) is 10.7. The zero-order valence-corrected chi connectivity index (χ0v) is 10.5. The molecule has 2 rings (SSSR count). The molecule has 90 valence electrons. The molecular formula is C17H16O. The smallest absolute Gasteiger partial charge is 0.160 e. The lowest BCUT2D eigenvalue weighted by atomic mass is 10.0. The average molecular weight is 236 g/mol. The van der Waals surface area contributed by atoms with E-state index in [1.165, 1.54) is 5.56 Å². The van der Waals surface area contributed by atoms with E-state index in [1.807, 2.05) is 48.5 Å². The Morgan fingerprint density at radius 3 is 2.39 bits per heavy atom. The third-order valence-electron chi connectivity index (χ3n) is 2.83. The number of carbonyl (C=O) groups is 1. The molecule has 0 bridgehead atoms. The lowest BCUT2D eigenvalue weighted by Crippen LogP contribution is -1.94. The van der Waals surface area contributed by atoms with Gasteiger partial charge in [0, 0.05) is 5.56 Å². The number of carbonyl (C=O) groups excluding carboxylic acids is 1. The first-order valence-electron chi connectivity index (χ1n) is 6.08. The molecular weight excluding hydrogens is 220 g/mol. The minimum atomic E-state index is 0.106. The van der Waals surface area contributed by atoms with Crippen LogP contribution in [0.4, 0.5) is 0 Å². The number of hydrogen-bond acceptors (Lipinski definition) is 1. The lowest BCUT2D eigenvalue weighted by molar-refractivity contribution is 0.101. The van der Waals surface area contributed by atoms with Crippen LogP contribution in [-0.4, -0.2) is 5.78 Å². The molecule has 0 unspecified atom stereocenters. The maximum atomic E-state index is 11.5. The van der Waals surface area contributed by atoms with Crippen molar-refractivity contribution in [2.45, 2.75) is 13.3 Å². The molecule has 0 radical (unpaired) electrons. The molecule has 1 nitrogen and oxygen atoms in total. The van der Waals surface area contributed by atoms with Crippen LogP contribution in [0.15, 0.2) is 60.7 Å². The SMILES string of the molecule is CC(=O)c1ccccc1/C=C/Cc1ccccc1. The number of rotatable bonds is 4. The quantitative estimate of drug-likeness (QED) is 0.729. The van der Waals surface area contributed by atoms with Gasteiger partial charge in [-0.15, -0.1) is 0 Å². The van der Waals surface area contributed by atoms with Gasteiger partial charge in [-0.25, -0.2) is 0 Å². The largest absolute Gasteiger partial charge is 0.294 e. The van der Waals surface area contributed by atoms with Gasteiger partial charge in [-0.2, -0.15) is 0 Å². The van der Waals surface area contributed by atoms with Gasteiger partial charge >= 0.3 is 0 Å². The number of Topliss-reactive ketones (excluding diaryl/α,β-unsaturated/α-hetero) is 1. The molecule has 0 saturated carbocycles. The molecule has 1 heteroatoms. The number of hydrogen-bond donors (Lipinski definition) is 0. The second-order valence-electron chi connectivity index (χ2n) is 4.24. The fraction of sp³-hybridized carbons (Fsp3) is 0.118. The average Bonchev–Trinajstić information content (AvgIpc) is 2.40. The molecule has 0 aromatic heterocycles. The fourth-order valence-electron chi connectivity index (χ4n) is 1.90. The first-order valence-corrected chi connectivity index (χ1v) is 6.08. The number of ketones is 1. The minimum Gasteiger partial charge on any atom is -0.294 e. The van der Waals surface area contributed by atoms with Gasteiger partial charge in [0.15, 0.2) is 5.78 Å². The molecule has 0 heterocycles. The van der Waals surface area contributed by atoms with E-state index >= 15 is 0 Å². The van der Waals surface area contributed by atoms with Crippen LogP contribution in [0, 0.1) is 0 Å². The van der Waals surface area contributed by atoms with Crippen LogP contribution in [0.3, 0.4) is 0 Å². The zero-order valence-electron chi connectivity index (χ0n) is 10.5. The van der Waals surface area contributed by atoms with Crippen molar-refractivity contribution < 1.29 is 4.79 Å².